The van der Waals surface area contributed by atoms with Gasteiger partial charge in [0.2, 0.25) is 0 Å². The molecule has 7 nitrogen and oxygen atoms in total. The molecule has 1 aliphatic rings. The van der Waals surface area contributed by atoms with E-state index in [0.29, 0.717) is 23.6 Å². The number of fused-ring (bicyclic) bond motifs is 1. The van der Waals surface area contributed by atoms with Gasteiger partial charge in [0.05, 0.1) is 25.6 Å². The van der Waals surface area contributed by atoms with Crippen LogP contribution >= 0.6 is 0 Å². The zero-order valence-corrected chi connectivity index (χ0v) is 13.4. The lowest BCUT2D eigenvalue weighted by atomic mass is 9.90. The van der Waals surface area contributed by atoms with Gasteiger partial charge in [0.25, 0.3) is 5.56 Å². The second kappa shape index (κ2) is 6.93. The summed E-state index contributed by atoms with van der Waals surface area (Å²) in [5.41, 5.74) is 0.370. The predicted molar refractivity (Wildman–Crippen MR) is 84.9 cm³/mol. The van der Waals surface area contributed by atoms with Gasteiger partial charge in [0.15, 0.2) is 5.65 Å². The minimum absolute atomic E-state index is 0.178. The van der Waals surface area contributed by atoms with Gasteiger partial charge in [-0.15, -0.1) is 0 Å². The van der Waals surface area contributed by atoms with Crippen LogP contribution in [0.15, 0.2) is 17.3 Å². The number of rotatable bonds is 5. The molecule has 1 fully saturated rings. The van der Waals surface area contributed by atoms with E-state index in [1.54, 1.807) is 11.7 Å². The summed E-state index contributed by atoms with van der Waals surface area (Å²) in [5, 5.41) is 4.49. The summed E-state index contributed by atoms with van der Waals surface area (Å²) < 4.78 is 8.33. The summed E-state index contributed by atoms with van der Waals surface area (Å²) in [4.78, 5) is 28.4. The van der Waals surface area contributed by atoms with Gasteiger partial charge in [-0.1, -0.05) is 19.3 Å². The van der Waals surface area contributed by atoms with E-state index in [-0.39, 0.29) is 24.5 Å². The van der Waals surface area contributed by atoms with Crippen molar-refractivity contribution in [3.8, 4) is 0 Å². The van der Waals surface area contributed by atoms with E-state index in [1.807, 2.05) is 0 Å². The monoisotopic (exact) mass is 318 g/mol. The summed E-state index contributed by atoms with van der Waals surface area (Å²) in [6.07, 6.45) is 9.19. The zero-order valence-electron chi connectivity index (χ0n) is 13.4. The van der Waals surface area contributed by atoms with Crippen molar-refractivity contribution < 1.29 is 9.53 Å². The highest BCUT2D eigenvalue weighted by Crippen LogP contribution is 2.23. The fourth-order valence-corrected chi connectivity index (χ4v) is 3.07. The molecule has 0 spiro atoms. The van der Waals surface area contributed by atoms with Gasteiger partial charge >= 0.3 is 5.97 Å². The van der Waals surface area contributed by atoms with E-state index in [0.717, 1.165) is 12.8 Å². The topological polar surface area (TPSA) is 79.0 Å². The van der Waals surface area contributed by atoms with Gasteiger partial charge in [-0.3, -0.25) is 18.8 Å². The number of aryl methyl sites for hydroxylation is 2. The molecule has 0 N–H and O–H groups in total. The Hall–Kier alpha value is -2.18. The Bertz CT molecular complexity index is 743. The number of ether oxygens (including phenoxy) is 1. The first-order chi connectivity index (χ1) is 11.1. The van der Waals surface area contributed by atoms with Crippen LogP contribution in [-0.2, 0) is 23.1 Å². The van der Waals surface area contributed by atoms with E-state index >= 15 is 0 Å². The SMILES string of the molecule is Cn1ncc2c(=O)n(CCC(=O)OCC3CCCCC3)cnc21. The first-order valence-corrected chi connectivity index (χ1v) is 8.18. The Kier molecular flexibility index (Phi) is 4.73. The van der Waals surface area contributed by atoms with Crippen molar-refractivity contribution in [2.75, 3.05) is 6.61 Å². The van der Waals surface area contributed by atoms with Crippen LogP contribution in [0.25, 0.3) is 11.0 Å². The zero-order chi connectivity index (χ0) is 16.2. The first kappa shape index (κ1) is 15.7. The normalized spacial score (nSPS) is 15.9. The second-order valence-corrected chi connectivity index (χ2v) is 6.19. The summed E-state index contributed by atoms with van der Waals surface area (Å²) in [7, 11) is 1.74. The average molecular weight is 318 g/mol. The van der Waals surface area contributed by atoms with Crippen molar-refractivity contribution in [2.45, 2.75) is 45.1 Å². The number of esters is 1. The lowest BCUT2D eigenvalue weighted by Crippen LogP contribution is -2.23. The maximum absolute atomic E-state index is 12.3. The van der Waals surface area contributed by atoms with Crippen molar-refractivity contribution in [3.63, 3.8) is 0 Å². The highest BCUT2D eigenvalue weighted by molar-refractivity contribution is 5.73. The van der Waals surface area contributed by atoms with Crippen molar-refractivity contribution in [2.24, 2.45) is 13.0 Å². The number of carbonyl (C=O) groups excluding carboxylic acids is 1. The van der Waals surface area contributed by atoms with Crippen LogP contribution in [0.3, 0.4) is 0 Å². The van der Waals surface area contributed by atoms with E-state index < -0.39 is 0 Å². The predicted octanol–water partition coefficient (Wildman–Crippen LogP) is 1.64. The molecular weight excluding hydrogens is 296 g/mol. The summed E-state index contributed by atoms with van der Waals surface area (Å²) in [6, 6.07) is 0. The highest BCUT2D eigenvalue weighted by Gasteiger charge is 2.16. The number of aromatic nitrogens is 4. The molecule has 23 heavy (non-hydrogen) atoms. The summed E-state index contributed by atoms with van der Waals surface area (Å²) in [5.74, 6) is 0.248. The molecule has 0 amide bonds. The van der Waals surface area contributed by atoms with Crippen LogP contribution in [0.5, 0.6) is 0 Å². The van der Waals surface area contributed by atoms with Crippen LogP contribution in [0, 0.1) is 5.92 Å². The number of nitrogens with zero attached hydrogens (tertiary/aromatic N) is 4. The lowest BCUT2D eigenvalue weighted by molar-refractivity contribution is -0.145. The van der Waals surface area contributed by atoms with Gasteiger partial charge in [-0.25, -0.2) is 4.98 Å². The maximum atomic E-state index is 12.3. The molecule has 3 rings (SSSR count). The number of hydrogen-bond donors (Lipinski definition) is 0. The van der Waals surface area contributed by atoms with E-state index in [1.165, 1.54) is 36.4 Å². The molecule has 0 aromatic carbocycles. The summed E-state index contributed by atoms with van der Waals surface area (Å²) >= 11 is 0. The standard InChI is InChI=1S/C16H22N4O3/c1-19-15-13(9-18-19)16(22)20(11-17-15)8-7-14(21)23-10-12-5-3-2-4-6-12/h9,11-12H,2-8,10H2,1H3. The molecule has 0 saturated heterocycles. The van der Waals surface area contributed by atoms with Crippen LogP contribution in [-0.4, -0.2) is 31.9 Å². The maximum Gasteiger partial charge on any atom is 0.307 e. The number of hydrogen-bond acceptors (Lipinski definition) is 5. The molecule has 1 aliphatic carbocycles. The van der Waals surface area contributed by atoms with Gasteiger partial charge in [-0.2, -0.15) is 5.10 Å². The molecule has 0 aliphatic heterocycles. The molecular formula is C16H22N4O3. The largest absolute Gasteiger partial charge is 0.465 e. The average Bonchev–Trinajstić information content (AvgIpc) is 2.95. The third-order valence-electron chi connectivity index (χ3n) is 4.48. The molecule has 7 heteroatoms. The molecule has 0 radical (unpaired) electrons. The van der Waals surface area contributed by atoms with E-state index in [4.69, 9.17) is 4.74 Å². The van der Waals surface area contributed by atoms with Crippen molar-refractivity contribution in [1.82, 2.24) is 19.3 Å². The Labute approximate surface area is 134 Å². The van der Waals surface area contributed by atoms with Gasteiger partial charge in [-0.05, 0) is 18.8 Å². The van der Waals surface area contributed by atoms with Crippen molar-refractivity contribution in [3.05, 3.63) is 22.9 Å². The van der Waals surface area contributed by atoms with Crippen molar-refractivity contribution in [1.29, 1.82) is 0 Å². The van der Waals surface area contributed by atoms with E-state index in [9.17, 15) is 9.59 Å². The minimum Gasteiger partial charge on any atom is -0.465 e. The molecule has 1 saturated carbocycles. The molecule has 2 aromatic heterocycles. The van der Waals surface area contributed by atoms with Crippen LogP contribution in [0.1, 0.15) is 38.5 Å². The Balaban J connectivity index is 1.54. The van der Waals surface area contributed by atoms with E-state index in [2.05, 4.69) is 10.1 Å². The van der Waals surface area contributed by atoms with Gasteiger partial charge < -0.3 is 4.74 Å². The molecule has 0 unspecified atom stereocenters. The Morgan fingerprint density at radius 1 is 1.35 bits per heavy atom. The van der Waals surface area contributed by atoms with Gasteiger partial charge in [0, 0.05) is 13.6 Å². The van der Waals surface area contributed by atoms with Crippen LogP contribution in [0.2, 0.25) is 0 Å². The third-order valence-corrected chi connectivity index (χ3v) is 4.48. The second-order valence-electron chi connectivity index (χ2n) is 6.19. The van der Waals surface area contributed by atoms with Crippen LogP contribution < -0.4 is 5.56 Å². The summed E-state index contributed by atoms with van der Waals surface area (Å²) in [6.45, 7) is 0.786. The molecule has 0 atom stereocenters. The highest BCUT2D eigenvalue weighted by atomic mass is 16.5. The Morgan fingerprint density at radius 3 is 2.91 bits per heavy atom. The lowest BCUT2D eigenvalue weighted by Gasteiger charge is -2.21. The molecule has 2 heterocycles. The quantitative estimate of drug-likeness (QED) is 0.783. The first-order valence-electron chi connectivity index (χ1n) is 8.18. The van der Waals surface area contributed by atoms with Crippen molar-refractivity contribution >= 4 is 17.0 Å². The fourth-order valence-electron chi connectivity index (χ4n) is 3.07. The Morgan fingerprint density at radius 2 is 2.13 bits per heavy atom. The molecule has 124 valence electrons. The molecule has 2 aromatic rings. The minimum atomic E-state index is -0.256. The molecule has 0 bridgehead atoms. The van der Waals surface area contributed by atoms with Gasteiger partial charge in [0.1, 0.15) is 5.39 Å². The van der Waals surface area contributed by atoms with Crippen LogP contribution in [0.4, 0.5) is 0 Å². The number of carbonyl (C=O) groups is 1. The fraction of sp³-hybridized carbons (Fsp3) is 0.625. The smallest absolute Gasteiger partial charge is 0.307 e. The third kappa shape index (κ3) is 3.60.